The molecule has 0 saturated heterocycles. The minimum atomic E-state index is 0.172. The van der Waals surface area contributed by atoms with Crippen molar-refractivity contribution >= 4 is 5.69 Å². The molecular formula is C17H21NO2. The molecule has 1 N–H and O–H groups in total. The second-order valence-electron chi connectivity index (χ2n) is 7.45. The summed E-state index contributed by atoms with van der Waals surface area (Å²) in [7, 11) is 0. The van der Waals surface area contributed by atoms with E-state index in [2.05, 4.69) is 5.18 Å². The Labute approximate surface area is 119 Å². The van der Waals surface area contributed by atoms with Gasteiger partial charge in [0.25, 0.3) is 0 Å². The molecule has 106 valence electrons. The van der Waals surface area contributed by atoms with Gasteiger partial charge in [0, 0.05) is 11.6 Å². The van der Waals surface area contributed by atoms with Crippen molar-refractivity contribution in [3.63, 3.8) is 0 Å². The first-order valence-electron chi connectivity index (χ1n) is 7.77. The summed E-state index contributed by atoms with van der Waals surface area (Å²) in [4.78, 5) is 10.8. The normalized spacial score (nSPS) is 38.1. The van der Waals surface area contributed by atoms with Crippen LogP contribution in [0.15, 0.2) is 17.3 Å². The molecule has 4 saturated carbocycles. The van der Waals surface area contributed by atoms with Gasteiger partial charge >= 0.3 is 0 Å². The molecule has 20 heavy (non-hydrogen) atoms. The zero-order chi connectivity index (χ0) is 13.9. The van der Waals surface area contributed by atoms with Gasteiger partial charge in [0.05, 0.1) is 0 Å². The van der Waals surface area contributed by atoms with Crippen molar-refractivity contribution in [2.75, 3.05) is 0 Å². The topological polar surface area (TPSA) is 49.7 Å². The van der Waals surface area contributed by atoms with Gasteiger partial charge in [-0.25, -0.2) is 0 Å². The van der Waals surface area contributed by atoms with Crippen molar-refractivity contribution in [1.29, 1.82) is 0 Å². The Bertz CT molecular complexity index is 543. The Balaban J connectivity index is 1.81. The van der Waals surface area contributed by atoms with E-state index < -0.39 is 0 Å². The third kappa shape index (κ3) is 1.65. The van der Waals surface area contributed by atoms with Crippen molar-refractivity contribution < 1.29 is 5.11 Å². The number of phenols is 1. The Morgan fingerprint density at radius 3 is 2.15 bits per heavy atom. The highest BCUT2D eigenvalue weighted by atomic mass is 16.3. The molecule has 1 aromatic carbocycles. The lowest BCUT2D eigenvalue weighted by Crippen LogP contribution is -2.48. The maximum atomic E-state index is 10.8. The van der Waals surface area contributed by atoms with Crippen molar-refractivity contribution in [2.24, 2.45) is 22.9 Å². The molecule has 0 aromatic heterocycles. The molecule has 0 heterocycles. The van der Waals surface area contributed by atoms with Crippen LogP contribution in [0.4, 0.5) is 5.69 Å². The van der Waals surface area contributed by atoms with Crippen LogP contribution in [-0.4, -0.2) is 5.11 Å². The van der Waals surface area contributed by atoms with Gasteiger partial charge in [0.15, 0.2) is 0 Å². The zero-order valence-electron chi connectivity index (χ0n) is 11.9. The maximum Gasteiger partial charge on any atom is 0.121 e. The molecule has 0 atom stereocenters. The summed E-state index contributed by atoms with van der Waals surface area (Å²) in [6.07, 6.45) is 7.85. The first kappa shape index (κ1) is 12.4. The number of hydrogen-bond acceptors (Lipinski definition) is 3. The van der Waals surface area contributed by atoms with Crippen LogP contribution in [0, 0.1) is 29.6 Å². The smallest absolute Gasteiger partial charge is 0.121 e. The third-order valence-electron chi connectivity index (χ3n) is 6.02. The third-order valence-corrected chi connectivity index (χ3v) is 6.02. The second kappa shape index (κ2) is 4.06. The van der Waals surface area contributed by atoms with E-state index >= 15 is 0 Å². The summed E-state index contributed by atoms with van der Waals surface area (Å²) in [6.45, 7) is 1.92. The van der Waals surface area contributed by atoms with Crippen LogP contribution in [0.2, 0.25) is 0 Å². The Morgan fingerprint density at radius 1 is 1.10 bits per heavy atom. The Morgan fingerprint density at radius 2 is 1.65 bits per heavy atom. The molecule has 4 fully saturated rings. The summed E-state index contributed by atoms with van der Waals surface area (Å²) in [5.41, 5.74) is 2.52. The fraction of sp³-hybridized carbons (Fsp3) is 0.647. The van der Waals surface area contributed by atoms with Gasteiger partial charge in [-0.2, -0.15) is 0 Å². The summed E-state index contributed by atoms with van der Waals surface area (Å²) in [6, 6.07) is 3.59. The lowest BCUT2D eigenvalue weighted by Gasteiger charge is -2.57. The molecule has 3 heteroatoms. The molecule has 1 aromatic rings. The average molecular weight is 271 g/mol. The molecule has 4 aliphatic rings. The maximum absolute atomic E-state index is 10.8. The van der Waals surface area contributed by atoms with E-state index in [1.807, 2.05) is 13.0 Å². The van der Waals surface area contributed by atoms with Gasteiger partial charge in [-0.1, -0.05) is 0 Å². The molecular weight excluding hydrogens is 250 g/mol. The molecule has 0 radical (unpaired) electrons. The van der Waals surface area contributed by atoms with Crippen molar-refractivity contribution in [3.05, 3.63) is 28.2 Å². The highest BCUT2D eigenvalue weighted by Crippen LogP contribution is 2.62. The van der Waals surface area contributed by atoms with E-state index in [0.29, 0.717) is 5.69 Å². The van der Waals surface area contributed by atoms with Crippen LogP contribution in [0.5, 0.6) is 5.75 Å². The van der Waals surface area contributed by atoms with Crippen LogP contribution in [0.3, 0.4) is 0 Å². The molecule has 3 nitrogen and oxygen atoms in total. The fourth-order valence-electron chi connectivity index (χ4n) is 5.65. The van der Waals surface area contributed by atoms with Gasteiger partial charge < -0.3 is 5.11 Å². The van der Waals surface area contributed by atoms with E-state index in [-0.39, 0.29) is 11.2 Å². The van der Waals surface area contributed by atoms with Gasteiger partial charge in [0.1, 0.15) is 11.4 Å². The Kier molecular flexibility index (Phi) is 2.51. The summed E-state index contributed by atoms with van der Waals surface area (Å²) < 4.78 is 0. The number of hydrogen-bond donors (Lipinski definition) is 1. The summed E-state index contributed by atoms with van der Waals surface area (Å²) >= 11 is 0. The lowest BCUT2D eigenvalue weighted by atomic mass is 9.48. The molecule has 0 unspecified atom stereocenters. The van der Waals surface area contributed by atoms with Crippen LogP contribution in [0.25, 0.3) is 0 Å². The van der Waals surface area contributed by atoms with E-state index in [0.717, 1.165) is 28.9 Å². The monoisotopic (exact) mass is 271 g/mol. The van der Waals surface area contributed by atoms with Gasteiger partial charge in [-0.15, -0.1) is 4.91 Å². The van der Waals surface area contributed by atoms with Gasteiger partial charge in [-0.05, 0) is 85.4 Å². The number of aromatic hydroxyl groups is 1. The number of aryl methyl sites for hydroxylation is 1. The molecule has 0 aliphatic heterocycles. The minimum absolute atomic E-state index is 0.172. The largest absolute Gasteiger partial charge is 0.508 e. The van der Waals surface area contributed by atoms with Crippen LogP contribution in [-0.2, 0) is 5.41 Å². The predicted molar refractivity (Wildman–Crippen MR) is 78.1 cm³/mol. The Hall–Kier alpha value is -1.38. The summed E-state index contributed by atoms with van der Waals surface area (Å²) in [5, 5.41) is 13.4. The number of phenolic OH excluding ortho intramolecular Hbond substituents is 1. The van der Waals surface area contributed by atoms with E-state index in [4.69, 9.17) is 0 Å². The molecule has 5 rings (SSSR count). The van der Waals surface area contributed by atoms with Gasteiger partial charge in [-0.3, -0.25) is 0 Å². The van der Waals surface area contributed by atoms with Crippen LogP contribution < -0.4 is 0 Å². The van der Waals surface area contributed by atoms with Crippen molar-refractivity contribution in [1.82, 2.24) is 0 Å². The van der Waals surface area contributed by atoms with Crippen molar-refractivity contribution in [2.45, 2.75) is 50.9 Å². The van der Waals surface area contributed by atoms with E-state index in [9.17, 15) is 10.0 Å². The fourth-order valence-corrected chi connectivity index (χ4v) is 5.65. The second-order valence-corrected chi connectivity index (χ2v) is 7.45. The van der Waals surface area contributed by atoms with Gasteiger partial charge in [0.2, 0.25) is 0 Å². The average Bonchev–Trinajstić information content (AvgIpc) is 2.39. The standard InChI is InChI=1S/C17H21NO2/c1-10-2-14(16(19)6-15(10)18-20)17-7-11-3-12(8-17)5-13(4-11)9-17/h2,6,11-13,19H,3-5,7-9H2,1H3. The number of rotatable bonds is 2. The molecule has 0 spiro atoms. The SMILES string of the molecule is Cc1cc(C23CC4CC(CC(C4)C2)C3)c(O)cc1N=O. The zero-order valence-corrected chi connectivity index (χ0v) is 11.9. The van der Waals surface area contributed by atoms with E-state index in [1.54, 1.807) is 6.07 Å². The minimum Gasteiger partial charge on any atom is -0.508 e. The summed E-state index contributed by atoms with van der Waals surface area (Å²) in [5.74, 6) is 2.84. The van der Waals surface area contributed by atoms with Crippen LogP contribution >= 0.6 is 0 Å². The molecule has 4 aliphatic carbocycles. The number of nitroso groups, excluding NO2 is 1. The van der Waals surface area contributed by atoms with Crippen molar-refractivity contribution in [3.8, 4) is 5.75 Å². The highest BCUT2D eigenvalue weighted by molar-refractivity contribution is 5.55. The van der Waals surface area contributed by atoms with Crippen LogP contribution in [0.1, 0.15) is 49.7 Å². The molecule has 0 amide bonds. The lowest BCUT2D eigenvalue weighted by molar-refractivity contribution is -0.00614. The first-order valence-corrected chi connectivity index (χ1v) is 7.77. The number of benzene rings is 1. The highest BCUT2D eigenvalue weighted by Gasteiger charge is 2.52. The molecule has 4 bridgehead atoms. The quantitative estimate of drug-likeness (QED) is 0.801. The number of nitrogens with zero attached hydrogens (tertiary/aromatic N) is 1. The predicted octanol–water partition coefficient (Wildman–Crippen LogP) is 4.57. The first-order chi connectivity index (χ1) is 9.59. The van der Waals surface area contributed by atoms with E-state index in [1.165, 1.54) is 38.5 Å².